The summed E-state index contributed by atoms with van der Waals surface area (Å²) >= 11 is 0. The number of nitrogens with one attached hydrogen (secondary N) is 2. The summed E-state index contributed by atoms with van der Waals surface area (Å²) in [6.45, 7) is 2.10. The molecule has 1 aliphatic rings. The molecule has 0 atom stereocenters. The molecule has 0 aromatic carbocycles. The smallest absolute Gasteiger partial charge is 0.329 e. The van der Waals surface area contributed by atoms with E-state index in [4.69, 9.17) is 0 Å². The zero-order valence-electron chi connectivity index (χ0n) is 10.8. The van der Waals surface area contributed by atoms with Gasteiger partial charge in [-0.05, 0) is 31.6 Å². The van der Waals surface area contributed by atoms with Gasteiger partial charge in [0.2, 0.25) is 0 Å². The molecule has 1 aromatic heterocycles. The number of carbonyl (C=O) groups excluding carboxylic acids is 1. The Hall–Kier alpha value is -1.92. The SMILES string of the molecule is CCC1CCC(NC(=O)c2cn[nH]n2)(C(=O)O)CC1. The number of amides is 1. The number of hydrogen-bond acceptors (Lipinski definition) is 4. The van der Waals surface area contributed by atoms with Gasteiger partial charge in [-0.3, -0.25) is 4.79 Å². The van der Waals surface area contributed by atoms with Crippen molar-refractivity contribution < 1.29 is 14.7 Å². The van der Waals surface area contributed by atoms with Crippen molar-refractivity contribution >= 4 is 11.9 Å². The van der Waals surface area contributed by atoms with Crippen molar-refractivity contribution in [3.05, 3.63) is 11.9 Å². The van der Waals surface area contributed by atoms with Crippen molar-refractivity contribution in [2.45, 2.75) is 44.6 Å². The highest BCUT2D eigenvalue weighted by Crippen LogP contribution is 2.34. The molecular formula is C12H18N4O3. The summed E-state index contributed by atoms with van der Waals surface area (Å²) in [5.41, 5.74) is -1.06. The van der Waals surface area contributed by atoms with Crippen LogP contribution in [0.2, 0.25) is 0 Å². The fourth-order valence-electron chi connectivity index (χ4n) is 2.56. The van der Waals surface area contributed by atoms with E-state index in [0.29, 0.717) is 18.8 Å². The van der Waals surface area contributed by atoms with E-state index in [-0.39, 0.29) is 5.69 Å². The average Bonchev–Trinajstić information content (AvgIpc) is 2.93. The molecule has 0 bridgehead atoms. The number of aromatic nitrogens is 3. The lowest BCUT2D eigenvalue weighted by Crippen LogP contribution is -2.56. The van der Waals surface area contributed by atoms with Crippen LogP contribution in [-0.4, -0.2) is 37.9 Å². The average molecular weight is 266 g/mol. The van der Waals surface area contributed by atoms with Crippen LogP contribution >= 0.6 is 0 Å². The van der Waals surface area contributed by atoms with Gasteiger partial charge < -0.3 is 10.4 Å². The highest BCUT2D eigenvalue weighted by atomic mass is 16.4. The fourth-order valence-corrected chi connectivity index (χ4v) is 2.56. The second kappa shape index (κ2) is 5.38. The van der Waals surface area contributed by atoms with Crippen molar-refractivity contribution in [3.63, 3.8) is 0 Å². The molecule has 0 spiro atoms. The number of aromatic amines is 1. The Bertz CT molecular complexity index is 450. The maximum atomic E-state index is 11.9. The molecule has 1 heterocycles. The second-order valence-electron chi connectivity index (χ2n) is 5.05. The largest absolute Gasteiger partial charge is 0.480 e. The molecule has 3 N–H and O–H groups in total. The van der Waals surface area contributed by atoms with Gasteiger partial charge in [0.05, 0.1) is 6.20 Å². The van der Waals surface area contributed by atoms with Crippen LogP contribution in [0.15, 0.2) is 6.20 Å². The Morgan fingerprint density at radius 3 is 2.68 bits per heavy atom. The normalized spacial score (nSPS) is 26.9. The van der Waals surface area contributed by atoms with Crippen molar-refractivity contribution in [3.8, 4) is 0 Å². The molecule has 19 heavy (non-hydrogen) atoms. The number of carboxylic acid groups (broad SMARTS) is 1. The Morgan fingerprint density at radius 1 is 1.53 bits per heavy atom. The zero-order chi connectivity index (χ0) is 13.9. The summed E-state index contributed by atoms with van der Waals surface area (Å²) in [6.07, 6.45) is 4.90. The molecule has 7 nitrogen and oxygen atoms in total. The Labute approximate surface area is 110 Å². The van der Waals surface area contributed by atoms with E-state index in [1.165, 1.54) is 6.20 Å². The van der Waals surface area contributed by atoms with E-state index in [1.54, 1.807) is 0 Å². The van der Waals surface area contributed by atoms with Crippen molar-refractivity contribution in [2.24, 2.45) is 5.92 Å². The monoisotopic (exact) mass is 266 g/mol. The number of H-pyrrole nitrogens is 1. The van der Waals surface area contributed by atoms with Gasteiger partial charge in [-0.25, -0.2) is 4.79 Å². The van der Waals surface area contributed by atoms with Gasteiger partial charge in [0.25, 0.3) is 5.91 Å². The van der Waals surface area contributed by atoms with Gasteiger partial charge in [0.15, 0.2) is 5.69 Å². The van der Waals surface area contributed by atoms with Crippen molar-refractivity contribution in [1.82, 2.24) is 20.7 Å². The van der Waals surface area contributed by atoms with Crippen LogP contribution in [0.4, 0.5) is 0 Å². The third-order valence-electron chi connectivity index (χ3n) is 3.95. The topological polar surface area (TPSA) is 108 Å². The minimum atomic E-state index is -1.16. The summed E-state index contributed by atoms with van der Waals surface area (Å²) in [5.74, 6) is -0.915. The zero-order valence-corrected chi connectivity index (χ0v) is 10.8. The first-order valence-electron chi connectivity index (χ1n) is 6.49. The van der Waals surface area contributed by atoms with Gasteiger partial charge in [-0.15, -0.1) is 0 Å². The molecule has 2 rings (SSSR count). The number of carboxylic acids is 1. The quantitative estimate of drug-likeness (QED) is 0.752. The van der Waals surface area contributed by atoms with E-state index < -0.39 is 17.4 Å². The minimum Gasteiger partial charge on any atom is -0.480 e. The van der Waals surface area contributed by atoms with E-state index in [0.717, 1.165) is 19.3 Å². The standard InChI is InChI=1S/C12H18N4O3/c1-2-8-3-5-12(6-4-8,11(18)19)14-10(17)9-7-13-16-15-9/h7-8H,2-6H2,1H3,(H,14,17)(H,18,19)(H,13,15,16). The predicted octanol–water partition coefficient (Wildman–Crippen LogP) is 0.958. The molecule has 1 fully saturated rings. The highest BCUT2D eigenvalue weighted by molar-refractivity contribution is 5.96. The first-order chi connectivity index (χ1) is 9.07. The molecule has 1 aliphatic carbocycles. The van der Waals surface area contributed by atoms with Crippen molar-refractivity contribution in [1.29, 1.82) is 0 Å². The van der Waals surface area contributed by atoms with Crippen LogP contribution in [0.1, 0.15) is 49.5 Å². The van der Waals surface area contributed by atoms with Crippen LogP contribution < -0.4 is 5.32 Å². The predicted molar refractivity (Wildman–Crippen MR) is 66.5 cm³/mol. The van der Waals surface area contributed by atoms with Crippen LogP contribution in [0.5, 0.6) is 0 Å². The molecule has 0 unspecified atom stereocenters. The number of rotatable bonds is 4. The van der Waals surface area contributed by atoms with Gasteiger partial charge >= 0.3 is 5.97 Å². The lowest BCUT2D eigenvalue weighted by Gasteiger charge is -2.37. The fraction of sp³-hybridized carbons (Fsp3) is 0.667. The summed E-state index contributed by atoms with van der Waals surface area (Å²) in [4.78, 5) is 23.5. The van der Waals surface area contributed by atoms with Crippen LogP contribution in [-0.2, 0) is 4.79 Å². The summed E-state index contributed by atoms with van der Waals surface area (Å²) in [7, 11) is 0. The molecule has 0 radical (unpaired) electrons. The lowest BCUT2D eigenvalue weighted by molar-refractivity contribution is -0.146. The lowest BCUT2D eigenvalue weighted by atomic mass is 9.75. The maximum absolute atomic E-state index is 11.9. The van der Waals surface area contributed by atoms with E-state index in [1.807, 2.05) is 0 Å². The Balaban J connectivity index is 2.09. The van der Waals surface area contributed by atoms with E-state index >= 15 is 0 Å². The number of aliphatic carboxylic acids is 1. The molecule has 1 amide bonds. The third kappa shape index (κ3) is 2.74. The first kappa shape index (κ1) is 13.5. The number of carbonyl (C=O) groups is 2. The Kier molecular flexibility index (Phi) is 3.82. The van der Waals surface area contributed by atoms with Crippen LogP contribution in [0, 0.1) is 5.92 Å². The summed E-state index contributed by atoms with van der Waals surface area (Å²) in [6, 6.07) is 0. The van der Waals surface area contributed by atoms with Gasteiger partial charge in [-0.1, -0.05) is 13.3 Å². The second-order valence-corrected chi connectivity index (χ2v) is 5.05. The summed E-state index contributed by atoms with van der Waals surface area (Å²) in [5, 5.41) is 21.6. The molecule has 0 saturated heterocycles. The Morgan fingerprint density at radius 2 is 2.21 bits per heavy atom. The van der Waals surface area contributed by atoms with Gasteiger partial charge in [0, 0.05) is 0 Å². The van der Waals surface area contributed by atoms with Crippen LogP contribution in [0.3, 0.4) is 0 Å². The maximum Gasteiger partial charge on any atom is 0.329 e. The number of hydrogen-bond donors (Lipinski definition) is 3. The molecule has 104 valence electrons. The third-order valence-corrected chi connectivity index (χ3v) is 3.95. The highest BCUT2D eigenvalue weighted by Gasteiger charge is 2.43. The number of nitrogens with zero attached hydrogens (tertiary/aromatic N) is 2. The molecule has 1 aromatic rings. The van der Waals surface area contributed by atoms with Gasteiger partial charge in [-0.2, -0.15) is 15.4 Å². The van der Waals surface area contributed by atoms with Gasteiger partial charge in [0.1, 0.15) is 5.54 Å². The van der Waals surface area contributed by atoms with Crippen LogP contribution in [0.25, 0.3) is 0 Å². The van der Waals surface area contributed by atoms with E-state index in [9.17, 15) is 14.7 Å². The minimum absolute atomic E-state index is 0.109. The molecule has 7 heteroatoms. The van der Waals surface area contributed by atoms with Crippen molar-refractivity contribution in [2.75, 3.05) is 0 Å². The van der Waals surface area contributed by atoms with E-state index in [2.05, 4.69) is 27.7 Å². The molecular weight excluding hydrogens is 248 g/mol. The molecule has 1 saturated carbocycles. The summed E-state index contributed by atoms with van der Waals surface area (Å²) < 4.78 is 0. The first-order valence-corrected chi connectivity index (χ1v) is 6.49. The molecule has 0 aliphatic heterocycles.